The van der Waals surface area contributed by atoms with Crippen LogP contribution in [0.4, 0.5) is 0 Å². The van der Waals surface area contributed by atoms with Crippen LogP contribution in [0.25, 0.3) is 0 Å². The van der Waals surface area contributed by atoms with Crippen LogP contribution in [-0.2, 0) is 0 Å². The Morgan fingerprint density at radius 1 is 1.44 bits per heavy atom. The fraction of sp³-hybridized carbons (Fsp3) is 1.00. The zero-order valence-corrected chi connectivity index (χ0v) is 7.42. The predicted octanol–water partition coefficient (Wildman–Crippen LogP) is 2.83. The summed E-state index contributed by atoms with van der Waals surface area (Å²) in [6.07, 6.45) is 7.24. The fourth-order valence-electron chi connectivity index (χ4n) is 1.79. The lowest BCUT2D eigenvalue weighted by atomic mass is 10.0. The van der Waals surface area contributed by atoms with Crippen LogP contribution < -0.4 is 0 Å². The molecule has 9 heavy (non-hydrogen) atoms. The van der Waals surface area contributed by atoms with Gasteiger partial charge in [0.15, 0.2) is 0 Å². The molecule has 0 heterocycles. The predicted molar refractivity (Wildman–Crippen MR) is 45.7 cm³/mol. The highest BCUT2D eigenvalue weighted by Crippen LogP contribution is 2.34. The molecule has 3 unspecified atom stereocenters. The van der Waals surface area contributed by atoms with E-state index in [1.165, 1.54) is 32.1 Å². The highest BCUT2D eigenvalue weighted by molar-refractivity contribution is 7.17. The van der Waals surface area contributed by atoms with E-state index in [-0.39, 0.29) is 0 Å². The molecule has 3 atom stereocenters. The first-order chi connectivity index (χ1) is 4.34. The molecule has 0 amide bonds. The third-order valence-electron chi connectivity index (χ3n) is 2.38. The lowest BCUT2D eigenvalue weighted by Crippen LogP contribution is -2.04. The first kappa shape index (κ1) is 7.54. The lowest BCUT2D eigenvalue weighted by Gasteiger charge is -2.12. The van der Waals surface area contributed by atoms with Crippen LogP contribution in [-0.4, -0.2) is 5.66 Å². The van der Waals surface area contributed by atoms with Crippen molar-refractivity contribution in [1.29, 1.82) is 0 Å². The van der Waals surface area contributed by atoms with Gasteiger partial charge in [-0.25, -0.2) is 0 Å². The number of rotatable bonds is 2. The second-order valence-electron chi connectivity index (χ2n) is 3.14. The van der Waals surface area contributed by atoms with Crippen molar-refractivity contribution in [2.45, 2.75) is 44.7 Å². The molecular weight excluding hydrogens is 127 g/mol. The van der Waals surface area contributed by atoms with Crippen molar-refractivity contribution < 1.29 is 0 Å². The van der Waals surface area contributed by atoms with Crippen molar-refractivity contribution in [1.82, 2.24) is 0 Å². The van der Waals surface area contributed by atoms with Gasteiger partial charge in [-0.05, 0) is 24.4 Å². The Morgan fingerprint density at radius 2 is 2.22 bits per heavy atom. The topological polar surface area (TPSA) is 0 Å². The van der Waals surface area contributed by atoms with Gasteiger partial charge in [-0.1, -0.05) is 26.2 Å². The maximum atomic E-state index is 2.99. The molecule has 0 aromatic rings. The minimum Gasteiger partial charge on any atom is -0.134 e. The lowest BCUT2D eigenvalue weighted by molar-refractivity contribution is 0.506. The van der Waals surface area contributed by atoms with E-state index in [4.69, 9.17) is 0 Å². The Morgan fingerprint density at radius 3 is 2.67 bits per heavy atom. The molecule has 0 aromatic heterocycles. The molecule has 1 saturated carbocycles. The van der Waals surface area contributed by atoms with E-state index in [0.29, 0.717) is 0 Å². The average molecular weight is 144 g/mol. The van der Waals surface area contributed by atoms with Crippen molar-refractivity contribution in [3.8, 4) is 0 Å². The summed E-state index contributed by atoms with van der Waals surface area (Å²) in [6.45, 7) is 2.29. The summed E-state index contributed by atoms with van der Waals surface area (Å²) in [7, 11) is 2.99. The zero-order chi connectivity index (χ0) is 6.69. The molecule has 1 fully saturated rings. The van der Waals surface area contributed by atoms with Crippen LogP contribution in [0.2, 0.25) is 0 Å². The SMILES string of the molecule is CCCC1CCCC1P. The summed E-state index contributed by atoms with van der Waals surface area (Å²) in [5.74, 6) is 1.04. The smallest absolute Gasteiger partial charge is 0.0236 e. The van der Waals surface area contributed by atoms with Gasteiger partial charge in [0, 0.05) is 0 Å². The second kappa shape index (κ2) is 3.56. The van der Waals surface area contributed by atoms with E-state index in [9.17, 15) is 0 Å². The van der Waals surface area contributed by atoms with Gasteiger partial charge in [0.2, 0.25) is 0 Å². The molecule has 54 valence electrons. The molecule has 0 aliphatic heterocycles. The molecule has 0 radical (unpaired) electrons. The third kappa shape index (κ3) is 1.93. The van der Waals surface area contributed by atoms with Gasteiger partial charge >= 0.3 is 0 Å². The van der Waals surface area contributed by atoms with Crippen molar-refractivity contribution in [2.24, 2.45) is 5.92 Å². The second-order valence-corrected chi connectivity index (χ2v) is 4.00. The fourth-order valence-corrected chi connectivity index (χ4v) is 2.42. The maximum Gasteiger partial charge on any atom is -0.0236 e. The van der Waals surface area contributed by atoms with Gasteiger partial charge in [-0.3, -0.25) is 0 Å². The van der Waals surface area contributed by atoms with Gasteiger partial charge in [0.1, 0.15) is 0 Å². The minimum atomic E-state index is 0.949. The molecule has 1 aliphatic carbocycles. The molecule has 1 heteroatoms. The summed E-state index contributed by atoms with van der Waals surface area (Å²) in [5.41, 5.74) is 0.949. The molecule has 0 saturated heterocycles. The summed E-state index contributed by atoms with van der Waals surface area (Å²) >= 11 is 0. The Hall–Kier alpha value is 0.430. The van der Waals surface area contributed by atoms with Crippen LogP contribution in [0.5, 0.6) is 0 Å². The molecule has 0 spiro atoms. The van der Waals surface area contributed by atoms with Gasteiger partial charge in [-0.15, -0.1) is 9.24 Å². The largest absolute Gasteiger partial charge is 0.134 e. The molecule has 0 aromatic carbocycles. The summed E-state index contributed by atoms with van der Waals surface area (Å²) < 4.78 is 0. The molecule has 0 nitrogen and oxygen atoms in total. The molecular formula is C8H17P. The summed E-state index contributed by atoms with van der Waals surface area (Å²) in [4.78, 5) is 0. The van der Waals surface area contributed by atoms with Crippen LogP contribution in [0, 0.1) is 5.92 Å². The first-order valence-electron chi connectivity index (χ1n) is 4.10. The van der Waals surface area contributed by atoms with Gasteiger partial charge in [0.25, 0.3) is 0 Å². The van der Waals surface area contributed by atoms with E-state index >= 15 is 0 Å². The van der Waals surface area contributed by atoms with Gasteiger partial charge in [-0.2, -0.15) is 0 Å². The highest BCUT2D eigenvalue weighted by atomic mass is 31.0. The van der Waals surface area contributed by atoms with Crippen molar-refractivity contribution in [2.75, 3.05) is 0 Å². The normalized spacial score (nSPS) is 35.3. The van der Waals surface area contributed by atoms with E-state index in [1.54, 1.807) is 0 Å². The van der Waals surface area contributed by atoms with E-state index in [2.05, 4.69) is 16.2 Å². The summed E-state index contributed by atoms with van der Waals surface area (Å²) in [6, 6.07) is 0. The Bertz CT molecular complexity index is 80.6. The molecule has 1 rings (SSSR count). The highest BCUT2D eigenvalue weighted by Gasteiger charge is 2.21. The third-order valence-corrected chi connectivity index (χ3v) is 3.26. The Kier molecular flexibility index (Phi) is 2.98. The van der Waals surface area contributed by atoms with Crippen LogP contribution in [0.1, 0.15) is 39.0 Å². The van der Waals surface area contributed by atoms with Gasteiger partial charge in [0.05, 0.1) is 0 Å². The number of hydrogen-bond acceptors (Lipinski definition) is 0. The van der Waals surface area contributed by atoms with E-state index < -0.39 is 0 Å². The van der Waals surface area contributed by atoms with Crippen molar-refractivity contribution >= 4 is 9.24 Å². The average Bonchev–Trinajstić information content (AvgIpc) is 2.18. The quantitative estimate of drug-likeness (QED) is 0.523. The summed E-state index contributed by atoms with van der Waals surface area (Å²) in [5, 5.41) is 0. The monoisotopic (exact) mass is 144 g/mol. The number of hydrogen-bond donors (Lipinski definition) is 0. The molecule has 0 bridgehead atoms. The Labute approximate surface area is 60.6 Å². The molecule has 0 N–H and O–H groups in total. The van der Waals surface area contributed by atoms with Crippen LogP contribution in [0.15, 0.2) is 0 Å². The van der Waals surface area contributed by atoms with Crippen molar-refractivity contribution in [3.05, 3.63) is 0 Å². The van der Waals surface area contributed by atoms with E-state index in [0.717, 1.165) is 11.6 Å². The molecule has 1 aliphatic rings. The Balaban J connectivity index is 2.22. The van der Waals surface area contributed by atoms with Crippen LogP contribution >= 0.6 is 9.24 Å². The first-order valence-corrected chi connectivity index (χ1v) is 4.77. The minimum absolute atomic E-state index is 0.949. The standard InChI is InChI=1S/C8H17P/c1-2-4-7-5-3-6-8(7)9/h7-8H,2-6,9H2,1H3. The zero-order valence-electron chi connectivity index (χ0n) is 6.27. The maximum absolute atomic E-state index is 2.99. The van der Waals surface area contributed by atoms with E-state index in [1.807, 2.05) is 0 Å². The van der Waals surface area contributed by atoms with Crippen LogP contribution in [0.3, 0.4) is 0 Å². The van der Waals surface area contributed by atoms with Crippen molar-refractivity contribution in [3.63, 3.8) is 0 Å². The van der Waals surface area contributed by atoms with Gasteiger partial charge < -0.3 is 0 Å².